The molecule has 0 bridgehead atoms. The number of nitrogens with two attached hydrogens (primary N) is 1. The van der Waals surface area contributed by atoms with Gasteiger partial charge in [0, 0.05) is 21.5 Å². The molecular weight excluding hydrogens is 422 g/mol. The fraction of sp³-hybridized carbons (Fsp3) is 0.0385. The number of aromatic nitrogens is 1. The van der Waals surface area contributed by atoms with Crippen molar-refractivity contribution in [3.05, 3.63) is 110 Å². The number of carbonyl (C=O) groups excluding carboxylic acids is 1. The molecule has 0 unspecified atom stereocenters. The van der Waals surface area contributed by atoms with E-state index >= 15 is 0 Å². The second kappa shape index (κ2) is 9.04. The molecule has 4 aromatic rings. The molecule has 0 aliphatic heterocycles. The molecule has 0 fully saturated rings. The minimum absolute atomic E-state index is 0.0748. The van der Waals surface area contributed by atoms with Crippen LogP contribution in [0.5, 0.6) is 0 Å². The van der Waals surface area contributed by atoms with Gasteiger partial charge in [-0.15, -0.1) is 0 Å². The molecule has 0 radical (unpaired) electrons. The molecule has 5 nitrogen and oxygen atoms in total. The van der Waals surface area contributed by atoms with Crippen LogP contribution in [0.25, 0.3) is 28.1 Å². The molecule has 3 aromatic carbocycles. The highest BCUT2D eigenvalue weighted by Crippen LogP contribution is 2.31. The zero-order chi connectivity index (χ0) is 22.7. The molecule has 3 N–H and O–H groups in total. The highest BCUT2D eigenvalue weighted by Gasteiger charge is 2.19. The summed E-state index contributed by atoms with van der Waals surface area (Å²) in [6.45, 7) is 1.93. The van der Waals surface area contributed by atoms with Crippen molar-refractivity contribution in [3.63, 3.8) is 0 Å². The second-order valence-electron chi connectivity index (χ2n) is 7.35. The molecule has 1 heterocycles. The van der Waals surface area contributed by atoms with Gasteiger partial charge >= 0.3 is 0 Å². The number of allylic oxidation sites excluding steroid dienone is 1. The van der Waals surface area contributed by atoms with Gasteiger partial charge in [-0.1, -0.05) is 66.2 Å². The predicted molar refractivity (Wildman–Crippen MR) is 131 cm³/mol. The molecule has 1 aromatic heterocycles. The summed E-state index contributed by atoms with van der Waals surface area (Å²) in [6, 6.07) is 20.2. The Morgan fingerprint density at radius 1 is 1.06 bits per heavy atom. The summed E-state index contributed by atoms with van der Waals surface area (Å²) >= 11 is 6.23. The molecule has 158 valence electrons. The molecule has 0 aliphatic carbocycles. The molecular formula is C26H20ClN3O2. The lowest BCUT2D eigenvalue weighted by molar-refractivity contribution is 0.104. The Balaban J connectivity index is 1.84. The number of fused-ring (bicyclic) bond motifs is 1. The van der Waals surface area contributed by atoms with Crippen molar-refractivity contribution >= 4 is 40.6 Å². The van der Waals surface area contributed by atoms with E-state index < -0.39 is 11.3 Å². The Kier molecular flexibility index (Phi) is 6.01. The van der Waals surface area contributed by atoms with Gasteiger partial charge in [-0.05, 0) is 53.5 Å². The molecule has 0 aliphatic rings. The second-order valence-corrected chi connectivity index (χ2v) is 7.79. The number of pyridine rings is 1. The summed E-state index contributed by atoms with van der Waals surface area (Å²) in [5.74, 6) is 4.83. The number of rotatable bonds is 5. The van der Waals surface area contributed by atoms with Crippen LogP contribution in [0, 0.1) is 6.92 Å². The minimum atomic E-state index is -0.445. The van der Waals surface area contributed by atoms with E-state index in [1.165, 1.54) is 6.08 Å². The van der Waals surface area contributed by atoms with Crippen LogP contribution in [0.3, 0.4) is 0 Å². The molecule has 6 heteroatoms. The third-order valence-electron chi connectivity index (χ3n) is 5.22. The Hall–Kier alpha value is -3.96. The Morgan fingerprint density at radius 3 is 2.56 bits per heavy atom. The molecule has 0 saturated heterocycles. The topological polar surface area (TPSA) is 88.3 Å². The van der Waals surface area contributed by atoms with Crippen LogP contribution in [-0.4, -0.2) is 17.0 Å². The normalized spacial score (nSPS) is 11.6. The number of benzene rings is 3. The molecule has 0 amide bonds. The van der Waals surface area contributed by atoms with E-state index in [2.05, 4.69) is 10.1 Å². The van der Waals surface area contributed by atoms with E-state index in [0.717, 1.165) is 22.3 Å². The number of H-pyrrole nitrogens is 1. The van der Waals surface area contributed by atoms with Crippen molar-refractivity contribution in [2.75, 3.05) is 0 Å². The van der Waals surface area contributed by atoms with Gasteiger partial charge in [0.2, 0.25) is 0 Å². The van der Waals surface area contributed by atoms with E-state index in [4.69, 9.17) is 17.4 Å². The van der Waals surface area contributed by atoms with Gasteiger partial charge in [0.25, 0.3) is 5.56 Å². The highest BCUT2D eigenvalue weighted by molar-refractivity contribution is 6.31. The first kappa shape index (κ1) is 21.3. The van der Waals surface area contributed by atoms with Gasteiger partial charge in [-0.3, -0.25) is 9.59 Å². The summed E-state index contributed by atoms with van der Waals surface area (Å²) in [5, 5.41) is 4.77. The van der Waals surface area contributed by atoms with Gasteiger partial charge in [0.15, 0.2) is 5.78 Å². The van der Waals surface area contributed by atoms with E-state index in [-0.39, 0.29) is 5.56 Å². The Bertz CT molecular complexity index is 1440. The maximum atomic E-state index is 13.2. The number of halogens is 1. The lowest BCUT2D eigenvalue weighted by Gasteiger charge is -2.11. The summed E-state index contributed by atoms with van der Waals surface area (Å²) in [6.07, 6.45) is 4.67. The number of hydrogen-bond donors (Lipinski definition) is 2. The number of aromatic amines is 1. The third kappa shape index (κ3) is 4.24. The zero-order valence-corrected chi connectivity index (χ0v) is 18.1. The van der Waals surface area contributed by atoms with Crippen LogP contribution in [0.2, 0.25) is 5.02 Å². The smallest absolute Gasteiger partial charge is 0.260 e. The molecule has 32 heavy (non-hydrogen) atoms. The van der Waals surface area contributed by atoms with Gasteiger partial charge in [0.05, 0.1) is 11.8 Å². The number of aryl methyl sites for hydroxylation is 1. The van der Waals surface area contributed by atoms with E-state index in [0.29, 0.717) is 21.5 Å². The lowest BCUT2D eigenvalue weighted by Crippen LogP contribution is -2.18. The van der Waals surface area contributed by atoms with Gasteiger partial charge in [0.1, 0.15) is 0 Å². The zero-order valence-electron chi connectivity index (χ0n) is 17.3. The van der Waals surface area contributed by atoms with Crippen molar-refractivity contribution in [3.8, 4) is 11.1 Å². The fourth-order valence-electron chi connectivity index (χ4n) is 3.69. The first-order valence-corrected chi connectivity index (χ1v) is 10.3. The minimum Gasteiger partial charge on any atom is -0.323 e. The average Bonchev–Trinajstić information content (AvgIpc) is 2.79. The number of ketones is 1. The molecule has 0 atom stereocenters. The summed E-state index contributed by atoms with van der Waals surface area (Å²) in [4.78, 5) is 29.0. The van der Waals surface area contributed by atoms with Crippen molar-refractivity contribution in [2.45, 2.75) is 6.92 Å². The molecule has 4 rings (SSSR count). The van der Waals surface area contributed by atoms with Gasteiger partial charge in [-0.25, -0.2) is 0 Å². The molecule has 0 spiro atoms. The number of nitrogens with one attached hydrogen (secondary N) is 1. The summed E-state index contributed by atoms with van der Waals surface area (Å²) < 4.78 is 0. The quantitative estimate of drug-likeness (QED) is 0.144. The van der Waals surface area contributed by atoms with E-state index in [1.807, 2.05) is 55.5 Å². The third-order valence-corrected chi connectivity index (χ3v) is 5.45. The van der Waals surface area contributed by atoms with Crippen LogP contribution < -0.4 is 11.4 Å². The van der Waals surface area contributed by atoms with Crippen LogP contribution in [0.15, 0.2) is 82.7 Å². The Labute approximate surface area is 189 Å². The van der Waals surface area contributed by atoms with Crippen molar-refractivity contribution in [1.82, 2.24) is 4.98 Å². The van der Waals surface area contributed by atoms with Gasteiger partial charge in [-0.2, -0.15) is 5.10 Å². The van der Waals surface area contributed by atoms with Crippen LogP contribution >= 0.6 is 11.6 Å². The number of hydrazone groups is 1. The van der Waals surface area contributed by atoms with Crippen LogP contribution in [0.4, 0.5) is 0 Å². The van der Waals surface area contributed by atoms with Crippen molar-refractivity contribution in [2.24, 2.45) is 10.9 Å². The first-order chi connectivity index (χ1) is 15.5. The maximum Gasteiger partial charge on any atom is 0.260 e. The van der Waals surface area contributed by atoms with Crippen molar-refractivity contribution in [1.29, 1.82) is 0 Å². The van der Waals surface area contributed by atoms with Crippen molar-refractivity contribution < 1.29 is 4.79 Å². The largest absolute Gasteiger partial charge is 0.323 e. The van der Waals surface area contributed by atoms with Crippen LogP contribution in [-0.2, 0) is 0 Å². The van der Waals surface area contributed by atoms with E-state index in [1.54, 1.807) is 30.5 Å². The number of nitrogens with zero attached hydrogens (tertiary/aromatic N) is 1. The monoisotopic (exact) mass is 441 g/mol. The lowest BCUT2D eigenvalue weighted by atomic mass is 9.93. The van der Waals surface area contributed by atoms with Gasteiger partial charge < -0.3 is 10.8 Å². The fourth-order valence-corrected chi connectivity index (χ4v) is 3.86. The highest BCUT2D eigenvalue weighted by atomic mass is 35.5. The summed E-state index contributed by atoms with van der Waals surface area (Å²) in [7, 11) is 0. The predicted octanol–water partition coefficient (Wildman–Crippen LogP) is 5.35. The van der Waals surface area contributed by atoms with E-state index in [9.17, 15) is 9.59 Å². The van der Waals surface area contributed by atoms with Crippen LogP contribution in [0.1, 0.15) is 27.0 Å². The average molecular weight is 442 g/mol. The number of carbonyl (C=O) groups is 1. The maximum absolute atomic E-state index is 13.2. The number of hydrogen-bond acceptors (Lipinski definition) is 4. The SMILES string of the molecule is Cc1cc(/C=C/C(=O)c2c(-c3ccccc3)c3cc(Cl)ccc3[nH]c2=O)ccc1/C=N\N. The molecule has 0 saturated carbocycles. The summed E-state index contributed by atoms with van der Waals surface area (Å²) in [5.41, 5.74) is 4.26. The Morgan fingerprint density at radius 2 is 1.84 bits per heavy atom. The standard InChI is InChI=1S/C26H20ClN3O2/c1-16-13-17(7-9-19(16)15-29-28)8-12-23(31)25-24(18-5-3-2-4-6-18)21-14-20(27)10-11-22(21)30-26(25)32/h2-15H,28H2,1H3,(H,30,32)/b12-8+,29-15-. The first-order valence-electron chi connectivity index (χ1n) is 9.95.